The first-order chi connectivity index (χ1) is 17.8. The molecule has 0 bridgehead atoms. The Hall–Kier alpha value is -3.47. The van der Waals surface area contributed by atoms with E-state index >= 15 is 0 Å². The van der Waals surface area contributed by atoms with Gasteiger partial charge in [-0.2, -0.15) is 5.26 Å². The van der Waals surface area contributed by atoms with Crippen LogP contribution in [0.5, 0.6) is 0 Å². The average Bonchev–Trinajstić information content (AvgIpc) is 3.32. The highest BCUT2D eigenvalue weighted by atomic mass is 16.8. The second-order valence-electron chi connectivity index (χ2n) is 10.1. The lowest BCUT2D eigenvalue weighted by molar-refractivity contribution is -0.203. The van der Waals surface area contributed by atoms with E-state index in [4.69, 9.17) is 18.9 Å². The van der Waals surface area contributed by atoms with E-state index in [9.17, 15) is 10.4 Å². The summed E-state index contributed by atoms with van der Waals surface area (Å²) in [5, 5.41) is 19.4. The molecule has 2 saturated heterocycles. The van der Waals surface area contributed by atoms with Crippen molar-refractivity contribution >= 4 is 0 Å². The highest BCUT2D eigenvalue weighted by Crippen LogP contribution is 2.49. The maximum Gasteiger partial charge on any atom is 0.164 e. The van der Waals surface area contributed by atoms with Crippen molar-refractivity contribution in [3.63, 3.8) is 0 Å². The van der Waals surface area contributed by atoms with Crippen LogP contribution < -0.4 is 0 Å². The van der Waals surface area contributed by atoms with Crippen LogP contribution in [-0.2, 0) is 24.5 Å². The Morgan fingerprint density at radius 2 is 1.41 bits per heavy atom. The minimum atomic E-state index is -0.975. The third kappa shape index (κ3) is 4.35. The molecule has 6 heteroatoms. The number of aliphatic hydroxyl groups is 1. The molecule has 2 fully saturated rings. The number of fused-ring (bicyclic) bond motifs is 1. The number of benzene rings is 3. The lowest BCUT2D eigenvalue weighted by Crippen LogP contribution is -2.45. The Labute approximate surface area is 217 Å². The summed E-state index contributed by atoms with van der Waals surface area (Å²) in [6, 6.07) is 32.3. The molecule has 1 N–H and O–H groups in total. The van der Waals surface area contributed by atoms with Crippen molar-refractivity contribution in [2.24, 2.45) is 0 Å². The van der Waals surface area contributed by atoms with Gasteiger partial charge in [0.1, 0.15) is 35.6 Å². The fourth-order valence-corrected chi connectivity index (χ4v) is 5.70. The van der Waals surface area contributed by atoms with Gasteiger partial charge in [0.15, 0.2) is 5.79 Å². The molecule has 0 spiro atoms. The predicted octanol–water partition coefficient (Wildman–Crippen LogP) is 5.64. The van der Waals surface area contributed by atoms with Crippen molar-refractivity contribution in [1.82, 2.24) is 0 Å². The molecule has 3 aromatic rings. The second-order valence-corrected chi connectivity index (χ2v) is 10.1. The summed E-state index contributed by atoms with van der Waals surface area (Å²) in [4.78, 5) is 0. The minimum absolute atomic E-state index is 0.0803. The van der Waals surface area contributed by atoms with Gasteiger partial charge in [0, 0.05) is 0 Å². The van der Waals surface area contributed by atoms with Crippen LogP contribution in [0.15, 0.2) is 103 Å². The molecule has 0 aromatic heterocycles. The minimum Gasteiger partial charge on any atom is -0.514 e. The van der Waals surface area contributed by atoms with E-state index in [1.807, 2.05) is 81.4 Å². The number of nitriles is 1. The van der Waals surface area contributed by atoms with Crippen LogP contribution in [0, 0.1) is 11.3 Å². The molecule has 3 aromatic carbocycles. The number of aliphatic hydroxyl groups excluding tert-OH is 1. The van der Waals surface area contributed by atoms with Crippen LogP contribution in [0.25, 0.3) is 0 Å². The van der Waals surface area contributed by atoms with Crippen molar-refractivity contribution in [3.05, 3.63) is 120 Å². The molecule has 190 valence electrons. The Morgan fingerprint density at radius 3 is 1.84 bits per heavy atom. The van der Waals surface area contributed by atoms with Crippen molar-refractivity contribution in [3.8, 4) is 6.07 Å². The highest BCUT2D eigenvalue weighted by Gasteiger charge is 2.64. The Balaban J connectivity index is 1.58. The number of nitrogens with zero attached hydrogens (tertiary/aromatic N) is 1. The lowest BCUT2D eigenvalue weighted by Gasteiger charge is -2.37. The maximum atomic E-state index is 9.75. The lowest BCUT2D eigenvalue weighted by atomic mass is 9.80. The first kappa shape index (κ1) is 25.2. The summed E-state index contributed by atoms with van der Waals surface area (Å²) in [6.45, 7) is 5.68. The van der Waals surface area contributed by atoms with Gasteiger partial charge in [-0.25, -0.2) is 0 Å². The summed E-state index contributed by atoms with van der Waals surface area (Å²) >= 11 is 0. The van der Waals surface area contributed by atoms with Gasteiger partial charge >= 0.3 is 0 Å². The fourth-order valence-electron chi connectivity index (χ4n) is 5.70. The van der Waals surface area contributed by atoms with Gasteiger partial charge in [0.2, 0.25) is 0 Å². The molecule has 37 heavy (non-hydrogen) atoms. The summed E-state index contributed by atoms with van der Waals surface area (Å²) in [6.07, 6.45) is -1.10. The van der Waals surface area contributed by atoms with Crippen LogP contribution in [0.2, 0.25) is 0 Å². The van der Waals surface area contributed by atoms with Crippen LogP contribution in [0.3, 0.4) is 0 Å². The predicted molar refractivity (Wildman–Crippen MR) is 139 cm³/mol. The molecule has 2 aliphatic rings. The Bertz CT molecular complexity index is 1190. The van der Waals surface area contributed by atoms with Gasteiger partial charge in [-0.05, 0) is 37.5 Å². The largest absolute Gasteiger partial charge is 0.514 e. The van der Waals surface area contributed by atoms with Crippen molar-refractivity contribution in [2.45, 2.75) is 56.1 Å². The van der Waals surface area contributed by atoms with Crippen LogP contribution in [0.1, 0.15) is 37.5 Å². The topological polar surface area (TPSA) is 80.9 Å². The number of hydrogen-bond donors (Lipinski definition) is 1. The van der Waals surface area contributed by atoms with Crippen molar-refractivity contribution < 1.29 is 24.1 Å². The van der Waals surface area contributed by atoms with Crippen LogP contribution in [0.4, 0.5) is 0 Å². The summed E-state index contributed by atoms with van der Waals surface area (Å²) < 4.78 is 25.9. The SMILES string of the molecule is CC1(C)O[C@@H]2[C@@H](COC(c3ccccc3)(c3ccccc3)c3ccccc3)OC(/C(C#N)=C/O)[C@]2(C)O1. The van der Waals surface area contributed by atoms with Gasteiger partial charge in [0.25, 0.3) is 0 Å². The summed E-state index contributed by atoms with van der Waals surface area (Å²) in [5.74, 6) is -0.884. The molecule has 1 unspecified atom stereocenters. The molecular weight excluding hydrogens is 466 g/mol. The zero-order valence-electron chi connectivity index (χ0n) is 21.2. The highest BCUT2D eigenvalue weighted by molar-refractivity contribution is 5.47. The normalized spacial score (nSPS) is 27.0. The van der Waals surface area contributed by atoms with Crippen LogP contribution >= 0.6 is 0 Å². The third-order valence-corrected chi connectivity index (χ3v) is 7.17. The van der Waals surface area contributed by atoms with E-state index in [1.165, 1.54) is 0 Å². The molecule has 0 aliphatic carbocycles. The molecule has 0 amide bonds. The molecule has 2 heterocycles. The first-order valence-electron chi connectivity index (χ1n) is 12.4. The number of rotatable bonds is 7. The standard InChI is InChI=1S/C31H31NO5/c1-29(2)36-28-26(35-27(22(19-32)20-33)30(28,3)37-29)21-34-31(23-13-7-4-8-14-23,24-15-9-5-10-16-24)25-17-11-6-12-18-25/h4-18,20,26-28,33H,21H2,1-3H3/b22-20+/t26-,27?,28-,30+/m1/s1. The van der Waals surface area contributed by atoms with Gasteiger partial charge in [-0.1, -0.05) is 91.0 Å². The van der Waals surface area contributed by atoms with Gasteiger partial charge in [0.05, 0.1) is 18.4 Å². The van der Waals surface area contributed by atoms with Crippen LogP contribution in [-0.4, -0.2) is 41.4 Å². The monoisotopic (exact) mass is 497 g/mol. The molecular formula is C31H31NO5. The van der Waals surface area contributed by atoms with E-state index < -0.39 is 35.3 Å². The maximum absolute atomic E-state index is 9.75. The van der Waals surface area contributed by atoms with E-state index in [0.29, 0.717) is 0 Å². The molecule has 6 nitrogen and oxygen atoms in total. The average molecular weight is 498 g/mol. The van der Waals surface area contributed by atoms with Crippen molar-refractivity contribution in [2.75, 3.05) is 6.61 Å². The van der Waals surface area contributed by atoms with E-state index in [2.05, 4.69) is 36.4 Å². The van der Waals surface area contributed by atoms with E-state index in [1.54, 1.807) is 0 Å². The van der Waals surface area contributed by atoms with E-state index in [-0.39, 0.29) is 12.2 Å². The first-order valence-corrected chi connectivity index (χ1v) is 12.4. The quantitative estimate of drug-likeness (QED) is 0.259. The summed E-state index contributed by atoms with van der Waals surface area (Å²) in [5.41, 5.74) is 1.10. The Kier molecular flexibility index (Phi) is 6.65. The van der Waals surface area contributed by atoms with Gasteiger partial charge in [-0.15, -0.1) is 0 Å². The zero-order chi connectivity index (χ0) is 26.1. The third-order valence-electron chi connectivity index (χ3n) is 7.17. The number of hydrogen-bond acceptors (Lipinski definition) is 6. The van der Waals surface area contributed by atoms with E-state index in [0.717, 1.165) is 23.0 Å². The molecule has 0 radical (unpaired) electrons. The fraction of sp³-hybridized carbons (Fsp3) is 0.323. The van der Waals surface area contributed by atoms with Gasteiger partial charge in [-0.3, -0.25) is 0 Å². The van der Waals surface area contributed by atoms with Crippen molar-refractivity contribution in [1.29, 1.82) is 5.26 Å². The molecule has 4 atom stereocenters. The summed E-state index contributed by atoms with van der Waals surface area (Å²) in [7, 11) is 0. The number of ether oxygens (including phenoxy) is 4. The molecule has 5 rings (SSSR count). The van der Waals surface area contributed by atoms with Gasteiger partial charge < -0.3 is 24.1 Å². The molecule has 2 aliphatic heterocycles. The Morgan fingerprint density at radius 1 is 0.919 bits per heavy atom. The second kappa shape index (κ2) is 9.77. The molecule has 0 saturated carbocycles. The zero-order valence-corrected chi connectivity index (χ0v) is 21.2. The smallest absolute Gasteiger partial charge is 0.164 e.